The summed E-state index contributed by atoms with van der Waals surface area (Å²) < 4.78 is 30.6. The molecule has 0 radical (unpaired) electrons. The number of aliphatic hydroxyl groups excluding tert-OH is 1. The maximum atomic E-state index is 15.7. The molecular weight excluding hydrogens is 523 g/mol. The van der Waals surface area contributed by atoms with Gasteiger partial charge in [-0.2, -0.15) is 0 Å². The summed E-state index contributed by atoms with van der Waals surface area (Å²) >= 11 is 12.2. The summed E-state index contributed by atoms with van der Waals surface area (Å²) in [6.07, 6.45) is 0.772. The molecule has 3 aliphatic rings. The van der Waals surface area contributed by atoms with Gasteiger partial charge in [-0.05, 0) is 54.0 Å². The Labute approximate surface area is 224 Å². The second-order valence-corrected chi connectivity index (χ2v) is 12.4. The molecule has 10 heteroatoms. The zero-order valence-electron chi connectivity index (χ0n) is 20.7. The van der Waals surface area contributed by atoms with E-state index in [9.17, 15) is 19.1 Å². The van der Waals surface area contributed by atoms with Gasteiger partial charge in [-0.3, -0.25) is 9.59 Å². The fourth-order valence-electron chi connectivity index (χ4n) is 6.16. The van der Waals surface area contributed by atoms with Gasteiger partial charge in [0.2, 0.25) is 11.8 Å². The van der Waals surface area contributed by atoms with Crippen molar-refractivity contribution in [2.75, 3.05) is 5.32 Å². The molecule has 0 bridgehead atoms. The zero-order chi connectivity index (χ0) is 26.9. The summed E-state index contributed by atoms with van der Waals surface area (Å²) in [5.74, 6) is -3.39. The van der Waals surface area contributed by atoms with Crippen molar-refractivity contribution in [3.05, 3.63) is 63.1 Å². The Morgan fingerprint density at radius 1 is 1.19 bits per heavy atom. The molecular formula is C27H29Cl2F2N3O3. The molecule has 2 fully saturated rings. The third-order valence-electron chi connectivity index (χ3n) is 7.76. The average Bonchev–Trinajstić information content (AvgIpc) is 3.24. The second-order valence-electron chi connectivity index (χ2n) is 11.5. The smallest absolute Gasteiger partial charge is 0.238 e. The molecule has 1 saturated carbocycles. The van der Waals surface area contributed by atoms with Crippen LogP contribution in [0.3, 0.4) is 0 Å². The molecule has 4 N–H and O–H groups in total. The van der Waals surface area contributed by atoms with Gasteiger partial charge >= 0.3 is 0 Å². The van der Waals surface area contributed by atoms with Gasteiger partial charge in [-0.1, -0.05) is 56.1 Å². The molecule has 0 unspecified atom stereocenters. The molecule has 37 heavy (non-hydrogen) atoms. The molecule has 4 atom stereocenters. The van der Waals surface area contributed by atoms with Crippen molar-refractivity contribution >= 4 is 40.7 Å². The first kappa shape index (κ1) is 26.4. The molecule has 1 saturated heterocycles. The van der Waals surface area contributed by atoms with Crippen LogP contribution >= 0.6 is 23.2 Å². The SMILES string of the molecule is CC(C)(C)C[C@H]1N[C@@H](C(=O)N[C@H]2C[C@H](O)C2)[C@H](c2cccc(Cl)c2F)[C@@]12C(=O)Nc1cc(Cl)c(F)cc12. The number of halogens is 4. The van der Waals surface area contributed by atoms with Crippen LogP contribution in [0.5, 0.6) is 0 Å². The lowest BCUT2D eigenvalue weighted by atomic mass is 9.62. The minimum Gasteiger partial charge on any atom is -0.393 e. The number of aliphatic hydroxyl groups is 1. The van der Waals surface area contributed by atoms with E-state index in [-0.39, 0.29) is 27.1 Å². The largest absolute Gasteiger partial charge is 0.393 e. The summed E-state index contributed by atoms with van der Waals surface area (Å²) in [5, 5.41) is 18.5. The first-order chi connectivity index (χ1) is 17.3. The number of hydrogen-bond acceptors (Lipinski definition) is 4. The number of carbonyl (C=O) groups is 2. The van der Waals surface area contributed by atoms with Gasteiger partial charge in [0.25, 0.3) is 0 Å². The van der Waals surface area contributed by atoms with E-state index in [2.05, 4.69) is 16.0 Å². The number of rotatable bonds is 4. The molecule has 0 aromatic heterocycles. The van der Waals surface area contributed by atoms with E-state index in [0.717, 1.165) is 0 Å². The minimum atomic E-state index is -1.53. The van der Waals surface area contributed by atoms with Crippen molar-refractivity contribution in [2.45, 2.75) is 75.6 Å². The van der Waals surface area contributed by atoms with Crippen LogP contribution in [0.15, 0.2) is 30.3 Å². The number of amides is 2. The van der Waals surface area contributed by atoms with Crippen LogP contribution in [-0.2, 0) is 15.0 Å². The van der Waals surface area contributed by atoms with E-state index < -0.39 is 53.0 Å². The number of benzene rings is 2. The van der Waals surface area contributed by atoms with Crippen LogP contribution < -0.4 is 16.0 Å². The standard InChI is InChI=1S/C27H29Cl2F2N3O3/c1-26(2,3)11-20-27(15-9-18(30)17(29)10-19(15)33-25(27)37)21(14-5-4-6-16(28)22(14)31)23(34-20)24(36)32-12-7-13(35)8-12/h4-6,9-10,12-13,20-21,23,34-35H,7-8,11H2,1-3H3,(H,32,36)(H,33,37)/t12-,13-,20-,21+,23-,27+/m1/s1. The van der Waals surface area contributed by atoms with Crippen LogP contribution in [-0.4, -0.2) is 41.2 Å². The molecule has 2 aliphatic heterocycles. The monoisotopic (exact) mass is 551 g/mol. The summed E-state index contributed by atoms with van der Waals surface area (Å²) in [7, 11) is 0. The summed E-state index contributed by atoms with van der Waals surface area (Å²) in [6, 6.07) is 5.13. The summed E-state index contributed by atoms with van der Waals surface area (Å²) in [5.41, 5.74) is -1.10. The second kappa shape index (κ2) is 9.19. The average molecular weight is 552 g/mol. The van der Waals surface area contributed by atoms with Crippen LogP contribution in [0, 0.1) is 17.0 Å². The van der Waals surface area contributed by atoms with E-state index in [1.807, 2.05) is 20.8 Å². The third-order valence-corrected chi connectivity index (χ3v) is 8.34. The van der Waals surface area contributed by atoms with Crippen molar-refractivity contribution in [2.24, 2.45) is 5.41 Å². The first-order valence-electron chi connectivity index (χ1n) is 12.3. The van der Waals surface area contributed by atoms with Gasteiger partial charge in [-0.25, -0.2) is 8.78 Å². The number of hydrogen-bond donors (Lipinski definition) is 4. The fourth-order valence-corrected chi connectivity index (χ4v) is 6.51. The lowest BCUT2D eigenvalue weighted by molar-refractivity contribution is -0.125. The predicted octanol–water partition coefficient (Wildman–Crippen LogP) is 4.66. The van der Waals surface area contributed by atoms with Crippen LogP contribution in [0.2, 0.25) is 10.0 Å². The maximum absolute atomic E-state index is 15.7. The Kier molecular flexibility index (Phi) is 6.54. The summed E-state index contributed by atoms with van der Waals surface area (Å²) in [4.78, 5) is 27.7. The van der Waals surface area contributed by atoms with Crippen molar-refractivity contribution in [1.29, 1.82) is 0 Å². The molecule has 6 nitrogen and oxygen atoms in total. The van der Waals surface area contributed by atoms with Gasteiger partial charge < -0.3 is 21.1 Å². The zero-order valence-corrected chi connectivity index (χ0v) is 22.2. The van der Waals surface area contributed by atoms with Crippen molar-refractivity contribution in [1.82, 2.24) is 10.6 Å². The molecule has 1 aliphatic carbocycles. The molecule has 2 aromatic rings. The number of nitrogens with one attached hydrogen (secondary N) is 3. The van der Waals surface area contributed by atoms with Gasteiger partial charge in [0.1, 0.15) is 17.0 Å². The van der Waals surface area contributed by atoms with Crippen LogP contribution in [0.1, 0.15) is 57.1 Å². The topological polar surface area (TPSA) is 90.5 Å². The molecule has 2 heterocycles. The van der Waals surface area contributed by atoms with Crippen molar-refractivity contribution < 1.29 is 23.5 Å². The van der Waals surface area contributed by atoms with Crippen LogP contribution in [0.4, 0.5) is 14.5 Å². The Hall–Kier alpha value is -2.26. The highest BCUT2D eigenvalue weighted by molar-refractivity contribution is 6.31. The Morgan fingerprint density at radius 2 is 1.89 bits per heavy atom. The molecule has 198 valence electrons. The molecule has 1 spiro atoms. The molecule has 2 amide bonds. The van der Waals surface area contributed by atoms with Gasteiger partial charge in [-0.15, -0.1) is 0 Å². The lowest BCUT2D eigenvalue weighted by Gasteiger charge is -2.38. The maximum Gasteiger partial charge on any atom is 0.238 e. The van der Waals surface area contributed by atoms with Crippen LogP contribution in [0.25, 0.3) is 0 Å². The van der Waals surface area contributed by atoms with E-state index in [1.165, 1.54) is 24.3 Å². The highest BCUT2D eigenvalue weighted by Crippen LogP contribution is 2.57. The van der Waals surface area contributed by atoms with Gasteiger partial charge in [0, 0.05) is 23.7 Å². The van der Waals surface area contributed by atoms with Crippen molar-refractivity contribution in [3.63, 3.8) is 0 Å². The first-order valence-corrected chi connectivity index (χ1v) is 13.1. The number of anilines is 1. The Balaban J connectivity index is 1.73. The molecule has 2 aromatic carbocycles. The molecule has 5 rings (SSSR count). The number of fused-ring (bicyclic) bond motifs is 2. The van der Waals surface area contributed by atoms with Crippen molar-refractivity contribution in [3.8, 4) is 0 Å². The quantitative estimate of drug-likeness (QED) is 0.444. The van der Waals surface area contributed by atoms with E-state index in [1.54, 1.807) is 6.07 Å². The Morgan fingerprint density at radius 3 is 2.54 bits per heavy atom. The lowest BCUT2D eigenvalue weighted by Crippen LogP contribution is -2.53. The van der Waals surface area contributed by atoms with Gasteiger partial charge in [0.05, 0.1) is 22.2 Å². The predicted molar refractivity (Wildman–Crippen MR) is 138 cm³/mol. The summed E-state index contributed by atoms with van der Waals surface area (Å²) in [6.45, 7) is 5.99. The van der Waals surface area contributed by atoms with Gasteiger partial charge in [0.15, 0.2) is 0 Å². The van der Waals surface area contributed by atoms with E-state index >= 15 is 4.39 Å². The van der Waals surface area contributed by atoms with E-state index in [4.69, 9.17) is 23.2 Å². The third kappa shape index (κ3) is 4.32. The number of carbonyl (C=O) groups excluding carboxylic acids is 2. The Bertz CT molecular complexity index is 1280. The van der Waals surface area contributed by atoms with E-state index in [0.29, 0.717) is 30.5 Å². The normalized spacial score (nSPS) is 30.7. The minimum absolute atomic E-state index is 0.0866. The highest BCUT2D eigenvalue weighted by atomic mass is 35.5. The fraction of sp³-hybridized carbons (Fsp3) is 0.481. The highest BCUT2D eigenvalue weighted by Gasteiger charge is 2.66.